The molecule has 0 bridgehead atoms. The zero-order chi connectivity index (χ0) is 9.73. The van der Waals surface area contributed by atoms with Crippen molar-refractivity contribution in [3.8, 4) is 0 Å². The molecule has 0 fully saturated rings. The van der Waals surface area contributed by atoms with Crippen molar-refractivity contribution < 1.29 is 8.78 Å². The Bertz CT molecular complexity index is 187. The van der Waals surface area contributed by atoms with Crippen molar-refractivity contribution in [2.45, 2.75) is 38.5 Å². The monoisotopic (exact) mass is 189 g/mol. The van der Waals surface area contributed by atoms with Crippen LogP contribution in [0.5, 0.6) is 0 Å². The standard InChI is InChI=1S/C10H17F2N/c1-2-13-8-10(11,12)9-6-4-3-5-7-9/h6,13H,2-5,7-8H2,1H3. The van der Waals surface area contributed by atoms with E-state index in [0.29, 0.717) is 18.5 Å². The van der Waals surface area contributed by atoms with E-state index < -0.39 is 5.92 Å². The normalized spacial score (nSPS) is 18.5. The largest absolute Gasteiger partial charge is 0.311 e. The van der Waals surface area contributed by atoms with Crippen LogP contribution < -0.4 is 5.32 Å². The molecule has 1 rings (SSSR count). The molecular formula is C10H17F2N. The first kappa shape index (κ1) is 10.6. The molecule has 0 unspecified atom stereocenters. The molecule has 0 atom stereocenters. The van der Waals surface area contributed by atoms with Gasteiger partial charge in [0.2, 0.25) is 0 Å². The minimum absolute atomic E-state index is 0.213. The van der Waals surface area contributed by atoms with E-state index in [9.17, 15) is 8.78 Å². The molecule has 76 valence electrons. The summed E-state index contributed by atoms with van der Waals surface area (Å²) in [5.41, 5.74) is 0.333. The molecule has 0 aromatic heterocycles. The fraction of sp³-hybridized carbons (Fsp3) is 0.800. The molecule has 1 N–H and O–H groups in total. The average molecular weight is 189 g/mol. The summed E-state index contributed by atoms with van der Waals surface area (Å²) in [6.45, 7) is 2.23. The summed E-state index contributed by atoms with van der Waals surface area (Å²) in [5.74, 6) is -2.63. The van der Waals surface area contributed by atoms with E-state index in [0.717, 1.165) is 19.3 Å². The molecule has 0 spiro atoms. The fourth-order valence-corrected chi connectivity index (χ4v) is 1.57. The first-order valence-electron chi connectivity index (χ1n) is 4.95. The van der Waals surface area contributed by atoms with Gasteiger partial charge < -0.3 is 5.32 Å². The molecule has 0 aromatic carbocycles. The van der Waals surface area contributed by atoms with Crippen LogP contribution >= 0.6 is 0 Å². The van der Waals surface area contributed by atoms with Gasteiger partial charge >= 0.3 is 0 Å². The van der Waals surface area contributed by atoms with Gasteiger partial charge in [-0.25, -0.2) is 8.78 Å². The SMILES string of the molecule is CCNCC(F)(F)C1=CCCCC1. The van der Waals surface area contributed by atoms with E-state index in [1.807, 2.05) is 6.92 Å². The number of hydrogen-bond acceptors (Lipinski definition) is 1. The Kier molecular flexibility index (Phi) is 3.85. The Morgan fingerprint density at radius 3 is 2.77 bits per heavy atom. The van der Waals surface area contributed by atoms with Gasteiger partial charge in [0.1, 0.15) is 0 Å². The quantitative estimate of drug-likeness (QED) is 0.670. The number of hydrogen-bond donors (Lipinski definition) is 1. The van der Waals surface area contributed by atoms with Crippen LogP contribution in [-0.2, 0) is 0 Å². The lowest BCUT2D eigenvalue weighted by Gasteiger charge is -2.22. The number of rotatable bonds is 4. The van der Waals surface area contributed by atoms with Gasteiger partial charge in [-0.05, 0) is 37.8 Å². The molecule has 1 aliphatic carbocycles. The molecule has 1 nitrogen and oxygen atoms in total. The van der Waals surface area contributed by atoms with Gasteiger partial charge in [-0.1, -0.05) is 13.0 Å². The van der Waals surface area contributed by atoms with Crippen LogP contribution in [0.4, 0.5) is 8.78 Å². The Balaban J connectivity index is 2.51. The maximum absolute atomic E-state index is 13.4. The number of halogens is 2. The molecule has 0 saturated carbocycles. The van der Waals surface area contributed by atoms with E-state index >= 15 is 0 Å². The number of alkyl halides is 2. The van der Waals surface area contributed by atoms with Crippen molar-refractivity contribution in [3.63, 3.8) is 0 Å². The summed E-state index contributed by atoms with van der Waals surface area (Å²) in [5, 5.41) is 2.69. The van der Waals surface area contributed by atoms with Crippen LogP contribution in [0.15, 0.2) is 11.6 Å². The molecule has 0 amide bonds. The van der Waals surface area contributed by atoms with E-state index in [-0.39, 0.29) is 6.54 Å². The predicted octanol–water partition coefficient (Wildman–Crippen LogP) is 2.73. The summed E-state index contributed by atoms with van der Waals surface area (Å²) in [4.78, 5) is 0. The van der Waals surface area contributed by atoms with E-state index in [4.69, 9.17) is 0 Å². The first-order valence-corrected chi connectivity index (χ1v) is 4.95. The van der Waals surface area contributed by atoms with Gasteiger partial charge in [-0.2, -0.15) is 0 Å². The lowest BCUT2D eigenvalue weighted by Crippen LogP contribution is -2.34. The van der Waals surface area contributed by atoms with Crippen molar-refractivity contribution >= 4 is 0 Å². The highest BCUT2D eigenvalue weighted by molar-refractivity contribution is 5.15. The highest BCUT2D eigenvalue weighted by atomic mass is 19.3. The maximum Gasteiger partial charge on any atom is 0.281 e. The third-order valence-corrected chi connectivity index (χ3v) is 2.36. The third-order valence-electron chi connectivity index (χ3n) is 2.36. The van der Waals surface area contributed by atoms with Crippen molar-refractivity contribution in [1.29, 1.82) is 0 Å². The summed E-state index contributed by atoms with van der Waals surface area (Å²) < 4.78 is 26.7. The number of nitrogens with one attached hydrogen (secondary N) is 1. The Labute approximate surface area is 78.2 Å². The smallest absolute Gasteiger partial charge is 0.281 e. The van der Waals surface area contributed by atoms with Crippen molar-refractivity contribution in [2.75, 3.05) is 13.1 Å². The van der Waals surface area contributed by atoms with Gasteiger partial charge in [0.15, 0.2) is 0 Å². The highest BCUT2D eigenvalue weighted by Crippen LogP contribution is 2.31. The van der Waals surface area contributed by atoms with Crippen LogP contribution in [0.3, 0.4) is 0 Å². The second kappa shape index (κ2) is 4.70. The van der Waals surface area contributed by atoms with Crippen LogP contribution in [0.25, 0.3) is 0 Å². The van der Waals surface area contributed by atoms with Crippen LogP contribution in [0.1, 0.15) is 32.6 Å². The summed E-state index contributed by atoms with van der Waals surface area (Å²) in [6.07, 6.45) is 5.06. The second-order valence-corrected chi connectivity index (χ2v) is 3.46. The molecule has 0 aromatic rings. The summed E-state index contributed by atoms with van der Waals surface area (Å²) >= 11 is 0. The van der Waals surface area contributed by atoms with Gasteiger partial charge in [0.05, 0.1) is 6.54 Å². The molecule has 0 saturated heterocycles. The zero-order valence-corrected chi connectivity index (χ0v) is 8.08. The minimum atomic E-state index is -2.63. The maximum atomic E-state index is 13.4. The van der Waals surface area contributed by atoms with Crippen LogP contribution in [-0.4, -0.2) is 19.0 Å². The average Bonchev–Trinajstić information content (AvgIpc) is 2.16. The number of allylic oxidation sites excluding steroid dienone is 1. The fourth-order valence-electron chi connectivity index (χ4n) is 1.57. The van der Waals surface area contributed by atoms with Gasteiger partial charge in [-0.15, -0.1) is 0 Å². The van der Waals surface area contributed by atoms with E-state index in [1.54, 1.807) is 6.08 Å². The molecule has 1 aliphatic rings. The Hall–Kier alpha value is -0.440. The van der Waals surface area contributed by atoms with Crippen LogP contribution in [0.2, 0.25) is 0 Å². The molecular weight excluding hydrogens is 172 g/mol. The molecule has 0 radical (unpaired) electrons. The molecule has 13 heavy (non-hydrogen) atoms. The zero-order valence-electron chi connectivity index (χ0n) is 8.08. The van der Waals surface area contributed by atoms with Crippen molar-refractivity contribution in [1.82, 2.24) is 5.32 Å². The van der Waals surface area contributed by atoms with Crippen molar-refractivity contribution in [3.05, 3.63) is 11.6 Å². The minimum Gasteiger partial charge on any atom is -0.311 e. The van der Waals surface area contributed by atoms with Crippen molar-refractivity contribution in [2.24, 2.45) is 0 Å². The lowest BCUT2D eigenvalue weighted by molar-refractivity contribution is 0.0372. The Morgan fingerprint density at radius 2 is 2.23 bits per heavy atom. The topological polar surface area (TPSA) is 12.0 Å². The van der Waals surface area contributed by atoms with Gasteiger partial charge in [0, 0.05) is 0 Å². The second-order valence-electron chi connectivity index (χ2n) is 3.46. The van der Waals surface area contributed by atoms with E-state index in [2.05, 4.69) is 5.32 Å². The summed E-state index contributed by atoms with van der Waals surface area (Å²) in [6, 6.07) is 0. The lowest BCUT2D eigenvalue weighted by atomic mass is 9.95. The van der Waals surface area contributed by atoms with E-state index in [1.165, 1.54) is 0 Å². The predicted molar refractivity (Wildman–Crippen MR) is 50.0 cm³/mol. The first-order chi connectivity index (χ1) is 6.17. The molecule has 0 heterocycles. The van der Waals surface area contributed by atoms with Gasteiger partial charge in [0.25, 0.3) is 5.92 Å². The summed E-state index contributed by atoms with van der Waals surface area (Å²) in [7, 11) is 0. The van der Waals surface area contributed by atoms with Crippen LogP contribution in [0, 0.1) is 0 Å². The Morgan fingerprint density at radius 1 is 1.46 bits per heavy atom. The molecule has 3 heteroatoms. The third kappa shape index (κ3) is 3.07. The van der Waals surface area contributed by atoms with Gasteiger partial charge in [-0.3, -0.25) is 0 Å². The molecule has 0 aliphatic heterocycles. The highest BCUT2D eigenvalue weighted by Gasteiger charge is 2.33.